The highest BCUT2D eigenvalue weighted by Gasteiger charge is 2.33. The van der Waals surface area contributed by atoms with Gasteiger partial charge < -0.3 is 25.2 Å². The van der Waals surface area contributed by atoms with Gasteiger partial charge in [0, 0.05) is 19.1 Å². The lowest BCUT2D eigenvalue weighted by atomic mass is 9.80. The molecular weight excluding hydrogens is 456 g/mol. The third-order valence-corrected chi connectivity index (χ3v) is 6.19. The van der Waals surface area contributed by atoms with Gasteiger partial charge >= 0.3 is 6.09 Å². The van der Waals surface area contributed by atoms with Crippen LogP contribution < -0.4 is 10.6 Å². The minimum Gasteiger partial charge on any atom is -0.444 e. The van der Waals surface area contributed by atoms with Crippen LogP contribution in [-0.4, -0.2) is 48.0 Å². The molecule has 0 aromatic heterocycles. The Balaban J connectivity index is 2.80. The zero-order valence-corrected chi connectivity index (χ0v) is 23.6. The fourth-order valence-corrected chi connectivity index (χ4v) is 4.00. The van der Waals surface area contributed by atoms with Crippen molar-refractivity contribution in [3.8, 4) is 0 Å². The van der Waals surface area contributed by atoms with Crippen LogP contribution in [0.1, 0.15) is 92.6 Å². The Morgan fingerprint density at radius 1 is 1.06 bits per heavy atom. The van der Waals surface area contributed by atoms with Crippen LogP contribution in [-0.2, 0) is 20.9 Å². The standard InChI is InChI=1S/C29H50N2O5/c1-8-10-17-30-26(33)23(9-2)19-25(32)24(31-27(34)36-28(3,4)5)20-29(6,7)16-18-35-21-22-14-12-11-13-15-22/h11-15,23-25,32H,8-10,16-21H2,1-7H3,(H,30,33)(H,31,34)/t23-,24+,25+/m1/s1. The Bertz CT molecular complexity index is 761. The van der Waals surface area contributed by atoms with Gasteiger partial charge in [-0.25, -0.2) is 4.79 Å². The number of hydrogen-bond donors (Lipinski definition) is 3. The van der Waals surface area contributed by atoms with E-state index in [1.54, 1.807) is 20.8 Å². The van der Waals surface area contributed by atoms with Crippen molar-refractivity contribution in [3.63, 3.8) is 0 Å². The number of carbonyl (C=O) groups excluding carboxylic acids is 2. The van der Waals surface area contributed by atoms with Crippen molar-refractivity contribution in [1.82, 2.24) is 10.6 Å². The van der Waals surface area contributed by atoms with E-state index in [4.69, 9.17) is 9.47 Å². The van der Waals surface area contributed by atoms with Gasteiger partial charge in [-0.15, -0.1) is 0 Å². The van der Waals surface area contributed by atoms with Crippen LogP contribution in [0.2, 0.25) is 0 Å². The van der Waals surface area contributed by atoms with E-state index >= 15 is 0 Å². The van der Waals surface area contributed by atoms with Crippen molar-refractivity contribution >= 4 is 12.0 Å². The maximum absolute atomic E-state index is 12.6. The molecule has 0 heterocycles. The maximum atomic E-state index is 12.6. The van der Waals surface area contributed by atoms with E-state index in [1.807, 2.05) is 37.3 Å². The summed E-state index contributed by atoms with van der Waals surface area (Å²) in [6.07, 6.45) is 2.65. The van der Waals surface area contributed by atoms with Gasteiger partial charge in [0.25, 0.3) is 0 Å². The largest absolute Gasteiger partial charge is 0.444 e. The monoisotopic (exact) mass is 506 g/mol. The average Bonchev–Trinajstić information content (AvgIpc) is 2.79. The Morgan fingerprint density at radius 3 is 2.31 bits per heavy atom. The van der Waals surface area contributed by atoms with Crippen molar-refractivity contribution in [3.05, 3.63) is 35.9 Å². The quantitative estimate of drug-likeness (QED) is 0.254. The lowest BCUT2D eigenvalue weighted by Gasteiger charge is -2.34. The summed E-state index contributed by atoms with van der Waals surface area (Å²) in [6.45, 7) is 15.4. The number of benzene rings is 1. The second-order valence-corrected chi connectivity index (χ2v) is 11.5. The lowest BCUT2D eigenvalue weighted by molar-refractivity contribution is -0.126. The van der Waals surface area contributed by atoms with Crippen LogP contribution in [0.15, 0.2) is 30.3 Å². The van der Waals surface area contributed by atoms with Gasteiger partial charge in [0.05, 0.1) is 18.8 Å². The van der Waals surface area contributed by atoms with E-state index in [1.165, 1.54) is 0 Å². The number of carbonyl (C=O) groups is 2. The minimum atomic E-state index is -0.885. The van der Waals surface area contributed by atoms with Crippen molar-refractivity contribution in [2.45, 2.75) is 111 Å². The molecule has 7 heteroatoms. The fraction of sp³-hybridized carbons (Fsp3) is 0.724. The summed E-state index contributed by atoms with van der Waals surface area (Å²) < 4.78 is 11.3. The summed E-state index contributed by atoms with van der Waals surface area (Å²) in [5, 5.41) is 17.0. The molecule has 36 heavy (non-hydrogen) atoms. The fourth-order valence-electron chi connectivity index (χ4n) is 4.00. The maximum Gasteiger partial charge on any atom is 0.407 e. The summed E-state index contributed by atoms with van der Waals surface area (Å²) >= 11 is 0. The summed E-state index contributed by atoms with van der Waals surface area (Å²) in [6, 6.07) is 9.47. The van der Waals surface area contributed by atoms with Crippen LogP contribution in [0.25, 0.3) is 0 Å². The lowest BCUT2D eigenvalue weighted by Crippen LogP contribution is -2.49. The van der Waals surface area contributed by atoms with E-state index in [0.29, 0.717) is 32.6 Å². The molecule has 206 valence electrons. The van der Waals surface area contributed by atoms with E-state index < -0.39 is 23.8 Å². The molecular formula is C29H50N2O5. The van der Waals surface area contributed by atoms with Crippen molar-refractivity contribution in [2.24, 2.45) is 11.3 Å². The minimum absolute atomic E-state index is 0.0467. The molecule has 0 bridgehead atoms. The van der Waals surface area contributed by atoms with Gasteiger partial charge in [0.15, 0.2) is 0 Å². The molecule has 0 fully saturated rings. The van der Waals surface area contributed by atoms with Crippen LogP contribution in [0.3, 0.4) is 0 Å². The number of ether oxygens (including phenoxy) is 2. The summed E-state index contributed by atoms with van der Waals surface area (Å²) in [7, 11) is 0. The molecule has 0 saturated carbocycles. The highest BCUT2D eigenvalue weighted by atomic mass is 16.6. The number of rotatable bonds is 16. The topological polar surface area (TPSA) is 96.9 Å². The van der Waals surface area contributed by atoms with Gasteiger partial charge in [-0.1, -0.05) is 64.4 Å². The SMILES string of the molecule is CCCCNC(=O)[C@H](CC)C[C@H](O)[C@H](CC(C)(C)CCOCc1ccccc1)NC(=O)OC(C)(C)C. The van der Waals surface area contributed by atoms with Crippen LogP contribution in [0.4, 0.5) is 4.79 Å². The predicted molar refractivity (Wildman–Crippen MR) is 145 cm³/mol. The van der Waals surface area contributed by atoms with E-state index in [9.17, 15) is 14.7 Å². The predicted octanol–water partition coefficient (Wildman–Crippen LogP) is 5.60. The summed E-state index contributed by atoms with van der Waals surface area (Å²) in [5.41, 5.74) is 0.256. The molecule has 0 saturated heterocycles. The number of unbranched alkanes of at least 4 members (excludes halogenated alkanes) is 1. The molecule has 3 N–H and O–H groups in total. The number of aliphatic hydroxyl groups excluding tert-OH is 1. The first-order valence-corrected chi connectivity index (χ1v) is 13.4. The third kappa shape index (κ3) is 13.8. The molecule has 3 atom stereocenters. The first-order valence-electron chi connectivity index (χ1n) is 13.4. The molecule has 0 radical (unpaired) electrons. The van der Waals surface area contributed by atoms with Crippen molar-refractivity contribution < 1.29 is 24.2 Å². The van der Waals surface area contributed by atoms with E-state index in [0.717, 1.165) is 24.8 Å². The smallest absolute Gasteiger partial charge is 0.407 e. The number of nitrogens with one attached hydrogen (secondary N) is 2. The Morgan fingerprint density at radius 2 is 1.72 bits per heavy atom. The van der Waals surface area contributed by atoms with Crippen LogP contribution >= 0.6 is 0 Å². The molecule has 2 amide bonds. The van der Waals surface area contributed by atoms with Gasteiger partial charge in [0.2, 0.25) is 5.91 Å². The molecule has 0 spiro atoms. The zero-order chi connectivity index (χ0) is 27.2. The average molecular weight is 507 g/mol. The Kier molecular flexibility index (Phi) is 14.1. The second-order valence-electron chi connectivity index (χ2n) is 11.5. The molecule has 0 unspecified atom stereocenters. The normalized spacial score (nSPS) is 14.6. The first-order chi connectivity index (χ1) is 16.9. The van der Waals surface area contributed by atoms with Crippen molar-refractivity contribution in [2.75, 3.05) is 13.2 Å². The number of alkyl carbamates (subject to hydrolysis) is 1. The summed E-state index contributed by atoms with van der Waals surface area (Å²) in [4.78, 5) is 25.2. The van der Waals surface area contributed by atoms with Gasteiger partial charge in [0.1, 0.15) is 5.60 Å². The molecule has 1 aromatic rings. The van der Waals surface area contributed by atoms with Crippen molar-refractivity contribution in [1.29, 1.82) is 0 Å². The molecule has 7 nitrogen and oxygen atoms in total. The van der Waals surface area contributed by atoms with Gasteiger partial charge in [-0.3, -0.25) is 4.79 Å². The van der Waals surface area contributed by atoms with Crippen LogP contribution in [0.5, 0.6) is 0 Å². The third-order valence-electron chi connectivity index (χ3n) is 6.19. The van der Waals surface area contributed by atoms with E-state index in [-0.39, 0.29) is 23.7 Å². The van der Waals surface area contributed by atoms with Gasteiger partial charge in [-0.05, 0) is 63.9 Å². The zero-order valence-electron chi connectivity index (χ0n) is 23.6. The second kappa shape index (κ2) is 15.9. The van der Waals surface area contributed by atoms with Gasteiger partial charge in [-0.2, -0.15) is 0 Å². The summed E-state index contributed by atoms with van der Waals surface area (Å²) in [5.74, 6) is -0.369. The molecule has 0 aliphatic carbocycles. The molecule has 1 aromatic carbocycles. The van der Waals surface area contributed by atoms with E-state index in [2.05, 4.69) is 31.4 Å². The number of amides is 2. The Labute approximate surface area is 218 Å². The molecule has 0 aliphatic heterocycles. The Hall–Kier alpha value is -2.12. The molecule has 1 rings (SSSR count). The number of hydrogen-bond acceptors (Lipinski definition) is 5. The van der Waals surface area contributed by atoms with Crippen LogP contribution in [0, 0.1) is 11.3 Å². The number of aliphatic hydroxyl groups is 1. The highest BCUT2D eigenvalue weighted by Crippen LogP contribution is 2.30. The molecule has 0 aliphatic rings. The first kappa shape index (κ1) is 31.9. The highest BCUT2D eigenvalue weighted by molar-refractivity contribution is 5.78.